The SMILES string of the molecule is CCC(CN)Cc1nc2ccc(C)cc2s1. The van der Waals surface area contributed by atoms with E-state index in [0.717, 1.165) is 24.9 Å². The number of rotatable bonds is 4. The van der Waals surface area contributed by atoms with E-state index in [1.165, 1.54) is 15.3 Å². The van der Waals surface area contributed by atoms with Crippen LogP contribution in [0.2, 0.25) is 0 Å². The number of nitrogens with two attached hydrogens (primary N) is 1. The Morgan fingerprint density at radius 2 is 2.25 bits per heavy atom. The monoisotopic (exact) mass is 234 g/mol. The van der Waals surface area contributed by atoms with Crippen molar-refractivity contribution in [3.05, 3.63) is 28.8 Å². The van der Waals surface area contributed by atoms with Crippen LogP contribution in [0.4, 0.5) is 0 Å². The van der Waals surface area contributed by atoms with Crippen LogP contribution in [0.25, 0.3) is 10.2 Å². The molecule has 1 aromatic heterocycles. The average Bonchev–Trinajstić information content (AvgIpc) is 2.67. The highest BCUT2D eigenvalue weighted by atomic mass is 32.1. The van der Waals surface area contributed by atoms with Gasteiger partial charge in [0.25, 0.3) is 0 Å². The van der Waals surface area contributed by atoms with Crippen molar-refractivity contribution < 1.29 is 0 Å². The molecule has 0 aliphatic heterocycles. The van der Waals surface area contributed by atoms with E-state index in [2.05, 4.69) is 37.0 Å². The molecule has 0 aliphatic rings. The van der Waals surface area contributed by atoms with E-state index < -0.39 is 0 Å². The van der Waals surface area contributed by atoms with Crippen LogP contribution in [-0.2, 0) is 6.42 Å². The zero-order valence-electron chi connectivity index (χ0n) is 9.86. The number of thiazole rings is 1. The number of benzene rings is 1. The lowest BCUT2D eigenvalue weighted by Crippen LogP contribution is -2.15. The molecule has 0 amide bonds. The molecule has 2 aromatic rings. The first-order valence-electron chi connectivity index (χ1n) is 5.79. The zero-order chi connectivity index (χ0) is 11.5. The molecule has 16 heavy (non-hydrogen) atoms. The molecule has 1 aromatic carbocycles. The molecule has 2 rings (SSSR count). The van der Waals surface area contributed by atoms with Gasteiger partial charge in [-0.2, -0.15) is 0 Å². The summed E-state index contributed by atoms with van der Waals surface area (Å²) in [6.07, 6.45) is 2.15. The molecule has 0 bridgehead atoms. The molecule has 0 aliphatic carbocycles. The second kappa shape index (κ2) is 4.93. The third-order valence-electron chi connectivity index (χ3n) is 2.96. The number of fused-ring (bicyclic) bond motifs is 1. The molecule has 0 fully saturated rings. The van der Waals surface area contributed by atoms with Gasteiger partial charge in [0.1, 0.15) is 0 Å². The highest BCUT2D eigenvalue weighted by Crippen LogP contribution is 2.25. The lowest BCUT2D eigenvalue weighted by Gasteiger charge is -2.08. The normalized spacial score (nSPS) is 13.2. The van der Waals surface area contributed by atoms with Crippen molar-refractivity contribution in [3.8, 4) is 0 Å². The minimum Gasteiger partial charge on any atom is -0.330 e. The van der Waals surface area contributed by atoms with Crippen LogP contribution in [0.15, 0.2) is 18.2 Å². The Bertz CT molecular complexity index is 472. The Hall–Kier alpha value is -0.930. The van der Waals surface area contributed by atoms with Crippen LogP contribution >= 0.6 is 11.3 Å². The van der Waals surface area contributed by atoms with Gasteiger partial charge in [-0.3, -0.25) is 0 Å². The first-order valence-corrected chi connectivity index (χ1v) is 6.60. The molecule has 3 heteroatoms. The van der Waals surface area contributed by atoms with Gasteiger partial charge >= 0.3 is 0 Å². The third kappa shape index (κ3) is 2.42. The van der Waals surface area contributed by atoms with E-state index in [0.29, 0.717) is 5.92 Å². The summed E-state index contributed by atoms with van der Waals surface area (Å²) in [6.45, 7) is 5.06. The molecule has 1 heterocycles. The van der Waals surface area contributed by atoms with Crippen LogP contribution in [0.1, 0.15) is 23.9 Å². The standard InChI is InChI=1S/C13H18N2S/c1-3-10(8-14)7-13-15-11-5-4-9(2)6-12(11)16-13/h4-6,10H,3,7-8,14H2,1-2H3. The number of aryl methyl sites for hydroxylation is 1. The first kappa shape index (κ1) is 11.6. The predicted molar refractivity (Wildman–Crippen MR) is 70.9 cm³/mol. The summed E-state index contributed by atoms with van der Waals surface area (Å²) in [7, 11) is 0. The van der Waals surface area contributed by atoms with Gasteiger partial charge in [0, 0.05) is 6.42 Å². The number of aromatic nitrogens is 1. The maximum absolute atomic E-state index is 5.73. The zero-order valence-corrected chi connectivity index (χ0v) is 10.7. The molecule has 0 saturated carbocycles. The minimum atomic E-state index is 0.571. The second-order valence-corrected chi connectivity index (χ2v) is 5.41. The highest BCUT2D eigenvalue weighted by molar-refractivity contribution is 7.18. The van der Waals surface area contributed by atoms with E-state index in [4.69, 9.17) is 5.73 Å². The number of nitrogens with zero attached hydrogens (tertiary/aromatic N) is 1. The van der Waals surface area contributed by atoms with Gasteiger partial charge in [-0.05, 0) is 37.1 Å². The van der Waals surface area contributed by atoms with E-state index in [1.807, 2.05) is 0 Å². The Kier molecular flexibility index (Phi) is 3.56. The molecule has 2 N–H and O–H groups in total. The number of hydrogen-bond donors (Lipinski definition) is 1. The Balaban J connectivity index is 2.25. The van der Waals surface area contributed by atoms with Crippen LogP contribution in [0, 0.1) is 12.8 Å². The Morgan fingerprint density at radius 1 is 1.44 bits per heavy atom. The van der Waals surface area contributed by atoms with E-state index in [9.17, 15) is 0 Å². The van der Waals surface area contributed by atoms with Gasteiger partial charge in [-0.1, -0.05) is 19.4 Å². The first-order chi connectivity index (χ1) is 7.72. The summed E-state index contributed by atoms with van der Waals surface area (Å²) in [5.74, 6) is 0.571. The van der Waals surface area contributed by atoms with Gasteiger partial charge in [0.2, 0.25) is 0 Å². The molecule has 0 radical (unpaired) electrons. The fourth-order valence-corrected chi connectivity index (χ4v) is 2.99. The average molecular weight is 234 g/mol. The van der Waals surface area contributed by atoms with E-state index in [-0.39, 0.29) is 0 Å². The van der Waals surface area contributed by atoms with Gasteiger partial charge in [0.05, 0.1) is 15.2 Å². The van der Waals surface area contributed by atoms with Crippen LogP contribution < -0.4 is 5.73 Å². The van der Waals surface area contributed by atoms with Crippen molar-refractivity contribution in [1.82, 2.24) is 4.98 Å². The third-order valence-corrected chi connectivity index (χ3v) is 4.00. The summed E-state index contributed by atoms with van der Waals surface area (Å²) in [5.41, 5.74) is 8.15. The van der Waals surface area contributed by atoms with Crippen molar-refractivity contribution >= 4 is 21.6 Å². The molecular weight excluding hydrogens is 216 g/mol. The molecule has 2 nitrogen and oxygen atoms in total. The minimum absolute atomic E-state index is 0.571. The van der Waals surface area contributed by atoms with Gasteiger partial charge in [-0.25, -0.2) is 4.98 Å². The quantitative estimate of drug-likeness (QED) is 0.882. The Morgan fingerprint density at radius 3 is 2.94 bits per heavy atom. The molecule has 1 atom stereocenters. The largest absolute Gasteiger partial charge is 0.330 e. The van der Waals surface area contributed by atoms with Gasteiger partial charge < -0.3 is 5.73 Å². The highest BCUT2D eigenvalue weighted by Gasteiger charge is 2.09. The lowest BCUT2D eigenvalue weighted by molar-refractivity contribution is 0.518. The van der Waals surface area contributed by atoms with Gasteiger partial charge in [0.15, 0.2) is 0 Å². The summed E-state index contributed by atoms with van der Waals surface area (Å²) in [4.78, 5) is 4.65. The van der Waals surface area contributed by atoms with Crippen molar-refractivity contribution in [2.75, 3.05) is 6.54 Å². The lowest BCUT2D eigenvalue weighted by atomic mass is 10.0. The van der Waals surface area contributed by atoms with Crippen LogP contribution in [0.5, 0.6) is 0 Å². The maximum Gasteiger partial charge on any atom is 0.0941 e. The summed E-state index contributed by atoms with van der Waals surface area (Å²) in [5, 5.41) is 1.22. The topological polar surface area (TPSA) is 38.9 Å². The molecule has 0 spiro atoms. The summed E-state index contributed by atoms with van der Waals surface area (Å²) in [6, 6.07) is 6.43. The Labute approximate surface area is 101 Å². The molecule has 86 valence electrons. The molecule has 0 saturated heterocycles. The van der Waals surface area contributed by atoms with Crippen molar-refractivity contribution in [2.24, 2.45) is 11.7 Å². The van der Waals surface area contributed by atoms with Crippen molar-refractivity contribution in [2.45, 2.75) is 26.7 Å². The smallest absolute Gasteiger partial charge is 0.0941 e. The molecule has 1 unspecified atom stereocenters. The van der Waals surface area contributed by atoms with E-state index >= 15 is 0 Å². The van der Waals surface area contributed by atoms with Gasteiger partial charge in [-0.15, -0.1) is 11.3 Å². The second-order valence-electron chi connectivity index (χ2n) is 4.29. The maximum atomic E-state index is 5.73. The number of hydrogen-bond acceptors (Lipinski definition) is 3. The molecular formula is C13H18N2S. The summed E-state index contributed by atoms with van der Waals surface area (Å²) >= 11 is 1.80. The van der Waals surface area contributed by atoms with Crippen molar-refractivity contribution in [1.29, 1.82) is 0 Å². The van der Waals surface area contributed by atoms with Crippen LogP contribution in [0.3, 0.4) is 0 Å². The van der Waals surface area contributed by atoms with Crippen molar-refractivity contribution in [3.63, 3.8) is 0 Å². The fourth-order valence-electron chi connectivity index (χ4n) is 1.81. The van der Waals surface area contributed by atoms with Crippen LogP contribution in [-0.4, -0.2) is 11.5 Å². The van der Waals surface area contributed by atoms with E-state index in [1.54, 1.807) is 11.3 Å². The fraction of sp³-hybridized carbons (Fsp3) is 0.462. The summed E-state index contributed by atoms with van der Waals surface area (Å²) < 4.78 is 1.29. The predicted octanol–water partition coefficient (Wildman–Crippen LogP) is 3.13.